The van der Waals surface area contributed by atoms with Crippen LogP contribution >= 0.6 is 0 Å². The first-order valence-electron chi connectivity index (χ1n) is 44.1. The van der Waals surface area contributed by atoms with E-state index >= 15 is 0 Å². The van der Waals surface area contributed by atoms with Crippen LogP contribution in [-0.2, 0) is 26.2 Å². The number of nitriles is 3. The Morgan fingerprint density at radius 3 is 0.871 bits per heavy atom. The van der Waals surface area contributed by atoms with Crippen LogP contribution in [0.3, 0.4) is 0 Å². The van der Waals surface area contributed by atoms with Gasteiger partial charge in [0, 0.05) is 98.8 Å². The van der Waals surface area contributed by atoms with Crippen molar-refractivity contribution in [3.8, 4) is 41.2 Å². The Bertz CT molecular complexity index is 5110. The molecule has 6 aliphatic rings. The van der Waals surface area contributed by atoms with Crippen molar-refractivity contribution in [2.45, 2.75) is 198 Å². The maximum Gasteiger partial charge on any atom is 0.573 e. The van der Waals surface area contributed by atoms with Gasteiger partial charge in [0.2, 0.25) is 29.6 Å². The van der Waals surface area contributed by atoms with Crippen molar-refractivity contribution >= 4 is 52.8 Å². The van der Waals surface area contributed by atoms with Gasteiger partial charge in [-0.3, -0.25) is 10.1 Å². The van der Waals surface area contributed by atoms with Crippen LogP contribution < -0.4 is 61.5 Å². The highest BCUT2D eigenvalue weighted by atomic mass is 19.4. The van der Waals surface area contributed by atoms with Gasteiger partial charge < -0.3 is 81.1 Å². The zero-order chi connectivity index (χ0) is 94.4. The van der Waals surface area contributed by atoms with Crippen LogP contribution in [0.2, 0.25) is 0 Å². The standard InChI is InChI=1S/C24H29F3N6O.C23H27F3N6O.C22H27F3N6O.C21H27F3N6O3/c25-24(26,27)34-21-6-2-1-5-18(21)15-30-23-31-16-19(13-28)22(32-23)29-14-17-7-9-20(10-8-17)33-11-3-4-12-33;24-23(25,26)33-20-5-2-1-4-17(20)14-29-22-30-15-18(12-27)21(31-22)28-13-16-6-8-19(9-7-16)32-10-3-11-32;1-31(2)18-9-7-15(8-10-18)12-27-20-17(11-26)14-29-21(30-20)28-13-16-5-3-4-6-19(16)32-22(23,24)25;1-29(2)16-9-7-14(8-10-16)11-25-19-17(30(31)32)13-27-20(28-19)26-12-15-5-3-4-6-18(15)33-21(22,23)24/h1-2,5-6,16-17,20H,3-4,7-12,14-15H2,(H2,29,30,31,32);1-2,4-5,15-16,19H,3,6-11,13-14H2,(H2,28,29,30,31);3-6,14-15,18H,7-10,12-13H2,1-2H3,(H2,27,28,29,30);3-6,13-14,16H,7-12H2,1-2H3,(H2,25,26,27,28). The number of para-hydroxylation sites is 4. The lowest BCUT2D eigenvalue weighted by Crippen LogP contribution is -2.46. The number of anilines is 8. The van der Waals surface area contributed by atoms with Crippen LogP contribution in [0, 0.1) is 67.8 Å². The van der Waals surface area contributed by atoms with Gasteiger partial charge in [-0.2, -0.15) is 35.7 Å². The monoisotopic (exact) mass is 1850 g/mol. The van der Waals surface area contributed by atoms with Crippen molar-refractivity contribution < 1.29 is 76.6 Å². The Balaban J connectivity index is 0.000000170. The summed E-state index contributed by atoms with van der Waals surface area (Å²) in [5.74, 6) is 2.79. The zero-order valence-electron chi connectivity index (χ0n) is 73.7. The summed E-state index contributed by atoms with van der Waals surface area (Å²) in [6, 6.07) is 32.2. The molecule has 4 saturated carbocycles. The maximum atomic E-state index is 12.7. The number of ether oxygens (including phenoxy) is 4. The summed E-state index contributed by atoms with van der Waals surface area (Å²) in [6.07, 6.45) is 8.11. The van der Waals surface area contributed by atoms with Crippen molar-refractivity contribution in [1.82, 2.24) is 59.5 Å². The minimum Gasteiger partial charge on any atom is -0.405 e. The molecule has 0 spiro atoms. The van der Waals surface area contributed by atoms with Crippen molar-refractivity contribution in [3.63, 3.8) is 0 Å². The van der Waals surface area contributed by atoms with Gasteiger partial charge in [0.25, 0.3) is 0 Å². The van der Waals surface area contributed by atoms with Gasteiger partial charge in [0.1, 0.15) is 81.5 Å². The third-order valence-corrected chi connectivity index (χ3v) is 24.3. The highest BCUT2D eigenvalue weighted by molar-refractivity contribution is 5.59. The lowest BCUT2D eigenvalue weighted by atomic mass is 9.84. The SMILES string of the molecule is CN(C)C1CCC(CNc2nc(NCc3ccccc3OC(F)(F)F)ncc2C#N)CC1.CN(C)C1CCC(CNc2nc(NCc3ccccc3OC(F)(F)F)ncc2[N+](=O)[O-])CC1.N#Cc1cnc(NCc2ccccc2OC(F)(F)F)nc1NCC1CCC(N2CCC2)CC1.N#Cc1cnc(NCc2ccccc2OC(F)(F)F)nc1NCC1CCC(N2CCCC2)CC1. The number of likely N-dealkylation sites (tertiary alicyclic amines) is 2. The molecule has 0 bridgehead atoms. The number of nitrogens with one attached hydrogen (secondary N) is 8. The molecule has 0 amide bonds. The molecule has 0 radical (unpaired) electrons. The first-order valence-corrected chi connectivity index (χ1v) is 44.1. The second-order valence-electron chi connectivity index (χ2n) is 33.7. The van der Waals surface area contributed by atoms with Crippen molar-refractivity contribution in [2.24, 2.45) is 23.7 Å². The molecule has 8 aromatic rings. The molecule has 0 unspecified atom stereocenters. The molecule has 30 nitrogen and oxygen atoms in total. The third-order valence-electron chi connectivity index (χ3n) is 24.3. The zero-order valence-corrected chi connectivity index (χ0v) is 73.7. The number of rotatable bonds is 33. The van der Waals surface area contributed by atoms with Crippen LogP contribution in [0.15, 0.2) is 122 Å². The van der Waals surface area contributed by atoms with E-state index in [-0.39, 0.29) is 90.0 Å². The van der Waals surface area contributed by atoms with Crippen LogP contribution in [0.25, 0.3) is 0 Å². The highest BCUT2D eigenvalue weighted by Gasteiger charge is 2.37. The fourth-order valence-corrected chi connectivity index (χ4v) is 16.9. The van der Waals surface area contributed by atoms with Gasteiger partial charge in [-0.05, 0) is 224 Å². The first-order chi connectivity index (χ1) is 63.2. The number of hydrogen-bond donors (Lipinski definition) is 8. The topological polar surface area (TPSA) is 364 Å². The Kier molecular flexibility index (Phi) is 36.6. The van der Waals surface area contributed by atoms with E-state index in [1.807, 2.05) is 0 Å². The summed E-state index contributed by atoms with van der Waals surface area (Å²) in [7, 11) is 8.34. The summed E-state index contributed by atoms with van der Waals surface area (Å²) >= 11 is 0. The minimum atomic E-state index is -4.82. The highest BCUT2D eigenvalue weighted by Crippen LogP contribution is 2.38. The van der Waals surface area contributed by atoms with Gasteiger partial charge in [-0.25, -0.2) is 19.9 Å². The average Bonchev–Trinajstić information content (AvgIpc) is 0.947. The predicted molar refractivity (Wildman–Crippen MR) is 472 cm³/mol. The van der Waals surface area contributed by atoms with Crippen LogP contribution in [0.1, 0.15) is 161 Å². The van der Waals surface area contributed by atoms with Crippen molar-refractivity contribution in [3.05, 3.63) is 171 Å². The maximum absolute atomic E-state index is 12.7. The van der Waals surface area contributed by atoms with Gasteiger partial charge in [-0.1, -0.05) is 72.8 Å². The van der Waals surface area contributed by atoms with Crippen molar-refractivity contribution in [2.75, 3.05) is 123 Å². The molecule has 6 fully saturated rings. The normalized spacial score (nSPS) is 19.9. The molecule has 14 rings (SSSR count). The summed E-state index contributed by atoms with van der Waals surface area (Å²) in [6.45, 7) is 7.64. The van der Waals surface area contributed by atoms with E-state index in [4.69, 9.17) is 0 Å². The van der Waals surface area contributed by atoms with Crippen LogP contribution in [-0.4, -0.2) is 195 Å². The molecular formula is C90H110F12N24O6. The van der Waals surface area contributed by atoms with E-state index < -0.39 is 30.4 Å². The van der Waals surface area contributed by atoms with Crippen LogP contribution in [0.5, 0.6) is 23.0 Å². The van der Waals surface area contributed by atoms with E-state index in [9.17, 15) is 78.6 Å². The molecule has 132 heavy (non-hydrogen) atoms. The number of nitro groups is 1. The fraction of sp³-hybridized carbons (Fsp3) is 0.522. The van der Waals surface area contributed by atoms with E-state index in [1.165, 1.54) is 163 Å². The van der Waals surface area contributed by atoms with Gasteiger partial charge in [0.15, 0.2) is 0 Å². The fourth-order valence-electron chi connectivity index (χ4n) is 16.9. The molecule has 2 saturated heterocycles. The van der Waals surface area contributed by atoms with E-state index in [0.717, 1.165) is 96.3 Å². The van der Waals surface area contributed by atoms with Gasteiger partial charge in [0.05, 0.1) is 23.5 Å². The minimum absolute atomic E-state index is 0.0339. The third kappa shape index (κ3) is 32.3. The Morgan fingerprint density at radius 1 is 0.371 bits per heavy atom. The largest absolute Gasteiger partial charge is 0.573 e. The number of benzene rings is 4. The van der Waals surface area contributed by atoms with E-state index in [1.54, 1.807) is 24.3 Å². The first kappa shape index (κ1) is 100. The molecule has 4 aliphatic carbocycles. The number of alkyl halides is 12. The molecule has 42 heteroatoms. The predicted octanol–water partition coefficient (Wildman–Crippen LogP) is 18.3. The molecule has 4 aromatic carbocycles. The number of halogens is 12. The molecule has 710 valence electrons. The van der Waals surface area contributed by atoms with Gasteiger partial charge in [-0.15, -0.1) is 52.7 Å². The molecule has 6 heterocycles. The number of aromatic nitrogens is 8. The second-order valence-corrected chi connectivity index (χ2v) is 33.7. The Labute approximate surface area is 758 Å². The summed E-state index contributed by atoms with van der Waals surface area (Å²) in [5, 5.41) is 64.1. The molecular weight excluding hydrogens is 1740 g/mol. The number of hydrogen-bond acceptors (Lipinski definition) is 29. The van der Waals surface area contributed by atoms with E-state index in [2.05, 4.69) is 167 Å². The second kappa shape index (κ2) is 48.2. The Morgan fingerprint density at radius 2 is 0.621 bits per heavy atom. The molecule has 4 aromatic heterocycles. The summed E-state index contributed by atoms with van der Waals surface area (Å²) in [5.41, 5.74) is 1.90. The summed E-state index contributed by atoms with van der Waals surface area (Å²) in [4.78, 5) is 54.1. The summed E-state index contributed by atoms with van der Waals surface area (Å²) < 4.78 is 168. The van der Waals surface area contributed by atoms with E-state index in [0.29, 0.717) is 112 Å². The lowest BCUT2D eigenvalue weighted by molar-refractivity contribution is -0.384. The van der Waals surface area contributed by atoms with Crippen molar-refractivity contribution in [1.29, 1.82) is 15.8 Å². The molecule has 2 aliphatic heterocycles. The molecule has 0 atom stereocenters. The smallest absolute Gasteiger partial charge is 0.405 e. The quantitative estimate of drug-likeness (QED) is 0.0108. The molecule has 8 N–H and O–H groups in total. The lowest BCUT2D eigenvalue weighted by Gasteiger charge is -2.42. The van der Waals surface area contributed by atoms with Gasteiger partial charge >= 0.3 is 31.1 Å². The number of nitrogens with zero attached hydrogens (tertiary/aromatic N) is 16. The average molecular weight is 1850 g/mol. The van der Waals surface area contributed by atoms with Crippen LogP contribution in [0.4, 0.5) is 105 Å². The Hall–Kier alpha value is -12.3.